The topological polar surface area (TPSA) is 64.7 Å². The van der Waals surface area contributed by atoms with Crippen LogP contribution in [-0.2, 0) is 17.9 Å². The Balaban J connectivity index is 1.56. The number of halogens is 1. The standard InChI is InChI=1S/C23H24BrN5O/c1-14-22(24)16(3)29(26-14)13-21(30)25-23-15(2)27-28(17(23)4)12-19-10-7-9-18-8-5-6-11-20(18)19/h5-11H,12-13H2,1-4H3,(H,25,30). The van der Waals surface area contributed by atoms with Crippen molar-refractivity contribution in [3.8, 4) is 0 Å². The number of hydrogen-bond donors (Lipinski definition) is 1. The summed E-state index contributed by atoms with van der Waals surface area (Å²) < 4.78 is 4.59. The number of nitrogens with zero attached hydrogens (tertiary/aromatic N) is 4. The number of aryl methyl sites for hydroxylation is 2. The van der Waals surface area contributed by atoms with E-state index < -0.39 is 0 Å². The molecule has 4 aromatic rings. The first-order chi connectivity index (χ1) is 14.3. The van der Waals surface area contributed by atoms with E-state index >= 15 is 0 Å². The molecule has 0 spiro atoms. The summed E-state index contributed by atoms with van der Waals surface area (Å²) in [6.45, 7) is 8.57. The molecule has 154 valence electrons. The minimum atomic E-state index is -0.121. The maximum absolute atomic E-state index is 12.7. The molecule has 30 heavy (non-hydrogen) atoms. The zero-order chi connectivity index (χ0) is 21.4. The van der Waals surface area contributed by atoms with E-state index in [1.807, 2.05) is 38.4 Å². The fourth-order valence-electron chi connectivity index (χ4n) is 3.77. The van der Waals surface area contributed by atoms with Gasteiger partial charge in [-0.15, -0.1) is 0 Å². The van der Waals surface area contributed by atoms with E-state index in [1.165, 1.54) is 16.3 Å². The van der Waals surface area contributed by atoms with E-state index in [0.717, 1.165) is 32.9 Å². The number of aromatic nitrogens is 4. The van der Waals surface area contributed by atoms with Gasteiger partial charge in [-0.2, -0.15) is 10.2 Å². The van der Waals surface area contributed by atoms with Crippen LogP contribution in [0.15, 0.2) is 46.9 Å². The largest absolute Gasteiger partial charge is 0.321 e. The molecule has 0 atom stereocenters. The van der Waals surface area contributed by atoms with E-state index in [9.17, 15) is 4.79 Å². The summed E-state index contributed by atoms with van der Waals surface area (Å²) in [5.74, 6) is -0.121. The number of hydrogen-bond acceptors (Lipinski definition) is 3. The number of amides is 1. The van der Waals surface area contributed by atoms with Gasteiger partial charge in [0.2, 0.25) is 5.91 Å². The molecule has 2 aromatic carbocycles. The van der Waals surface area contributed by atoms with Crippen molar-refractivity contribution >= 4 is 38.3 Å². The van der Waals surface area contributed by atoms with Crippen LogP contribution in [0.3, 0.4) is 0 Å². The third-order valence-corrected chi connectivity index (χ3v) is 6.58. The lowest BCUT2D eigenvalue weighted by atomic mass is 10.0. The van der Waals surface area contributed by atoms with Crippen molar-refractivity contribution in [2.45, 2.75) is 40.8 Å². The van der Waals surface area contributed by atoms with Crippen molar-refractivity contribution in [1.29, 1.82) is 0 Å². The smallest absolute Gasteiger partial charge is 0.246 e. The first-order valence-electron chi connectivity index (χ1n) is 9.85. The molecule has 0 fully saturated rings. The second-order valence-corrected chi connectivity index (χ2v) is 8.33. The molecule has 0 aliphatic heterocycles. The number of carbonyl (C=O) groups is 1. The molecule has 4 rings (SSSR count). The zero-order valence-corrected chi connectivity index (χ0v) is 19.1. The lowest BCUT2D eigenvalue weighted by molar-refractivity contribution is -0.116. The van der Waals surface area contributed by atoms with Crippen LogP contribution in [0, 0.1) is 27.7 Å². The van der Waals surface area contributed by atoms with Crippen molar-refractivity contribution in [3.63, 3.8) is 0 Å². The van der Waals surface area contributed by atoms with Crippen LogP contribution in [0.2, 0.25) is 0 Å². The van der Waals surface area contributed by atoms with E-state index in [0.29, 0.717) is 6.54 Å². The predicted molar refractivity (Wildman–Crippen MR) is 123 cm³/mol. The number of nitrogens with one attached hydrogen (secondary N) is 1. The van der Waals surface area contributed by atoms with Crippen LogP contribution in [-0.4, -0.2) is 25.5 Å². The van der Waals surface area contributed by atoms with Gasteiger partial charge < -0.3 is 5.32 Å². The molecule has 1 N–H and O–H groups in total. The highest BCUT2D eigenvalue weighted by molar-refractivity contribution is 9.10. The average Bonchev–Trinajstić information content (AvgIpc) is 3.12. The Labute approximate surface area is 184 Å². The van der Waals surface area contributed by atoms with Crippen LogP contribution in [0.4, 0.5) is 5.69 Å². The van der Waals surface area contributed by atoms with Gasteiger partial charge in [-0.05, 0) is 60.0 Å². The SMILES string of the molecule is Cc1nn(CC(=O)Nc2c(C)nn(Cc3cccc4ccccc34)c2C)c(C)c1Br. The Kier molecular flexibility index (Phi) is 5.47. The van der Waals surface area contributed by atoms with Gasteiger partial charge in [0.1, 0.15) is 6.54 Å². The van der Waals surface area contributed by atoms with Crippen molar-refractivity contribution < 1.29 is 4.79 Å². The van der Waals surface area contributed by atoms with E-state index in [-0.39, 0.29) is 12.5 Å². The van der Waals surface area contributed by atoms with Crippen molar-refractivity contribution in [2.24, 2.45) is 0 Å². The molecule has 2 aromatic heterocycles. The average molecular weight is 466 g/mol. The van der Waals surface area contributed by atoms with Gasteiger partial charge in [-0.25, -0.2) is 0 Å². The lowest BCUT2D eigenvalue weighted by Gasteiger charge is -2.10. The molecular formula is C23H24BrN5O. The van der Waals surface area contributed by atoms with Crippen molar-refractivity contribution in [2.75, 3.05) is 5.32 Å². The number of fused-ring (bicyclic) bond motifs is 1. The normalized spacial score (nSPS) is 11.2. The number of rotatable bonds is 5. The summed E-state index contributed by atoms with van der Waals surface area (Å²) in [5, 5.41) is 14.5. The molecule has 0 saturated carbocycles. The Bertz CT molecular complexity index is 1250. The molecule has 0 bridgehead atoms. The fraction of sp³-hybridized carbons (Fsp3) is 0.261. The zero-order valence-electron chi connectivity index (χ0n) is 17.5. The van der Waals surface area contributed by atoms with Crippen molar-refractivity contribution in [1.82, 2.24) is 19.6 Å². The summed E-state index contributed by atoms with van der Waals surface area (Å²) >= 11 is 3.50. The molecule has 2 heterocycles. The van der Waals surface area contributed by atoms with Gasteiger partial charge >= 0.3 is 0 Å². The van der Waals surface area contributed by atoms with E-state index in [4.69, 9.17) is 0 Å². The first-order valence-corrected chi connectivity index (χ1v) is 10.6. The molecule has 0 radical (unpaired) electrons. The van der Waals surface area contributed by atoms with Gasteiger partial charge in [0, 0.05) is 0 Å². The minimum Gasteiger partial charge on any atom is -0.321 e. The Morgan fingerprint density at radius 3 is 2.37 bits per heavy atom. The molecule has 0 unspecified atom stereocenters. The fourth-order valence-corrected chi connectivity index (χ4v) is 4.05. The maximum Gasteiger partial charge on any atom is 0.246 e. The molecule has 0 aliphatic carbocycles. The molecule has 0 aliphatic rings. The number of carbonyl (C=O) groups excluding carboxylic acids is 1. The monoisotopic (exact) mass is 465 g/mol. The lowest BCUT2D eigenvalue weighted by Crippen LogP contribution is -2.21. The molecule has 7 heteroatoms. The summed E-state index contributed by atoms with van der Waals surface area (Å²) in [6, 6.07) is 14.6. The Hall–Kier alpha value is -2.93. The van der Waals surface area contributed by atoms with Crippen LogP contribution in [0.25, 0.3) is 10.8 Å². The highest BCUT2D eigenvalue weighted by Gasteiger charge is 2.17. The first kappa shape index (κ1) is 20.3. The maximum atomic E-state index is 12.7. The second-order valence-electron chi connectivity index (χ2n) is 7.53. The van der Waals surface area contributed by atoms with E-state index in [2.05, 4.69) is 67.8 Å². The van der Waals surface area contributed by atoms with Gasteiger partial charge in [0.25, 0.3) is 0 Å². The predicted octanol–water partition coefficient (Wildman–Crippen LogP) is 4.92. The van der Waals surface area contributed by atoms with Gasteiger partial charge in [-0.3, -0.25) is 14.2 Å². The van der Waals surface area contributed by atoms with Gasteiger partial charge in [0.15, 0.2) is 0 Å². The van der Waals surface area contributed by atoms with Gasteiger partial charge in [0.05, 0.1) is 39.5 Å². The third kappa shape index (κ3) is 3.77. The van der Waals surface area contributed by atoms with Crippen LogP contribution < -0.4 is 5.32 Å². The number of benzene rings is 2. The number of anilines is 1. The highest BCUT2D eigenvalue weighted by atomic mass is 79.9. The van der Waals surface area contributed by atoms with Crippen LogP contribution >= 0.6 is 15.9 Å². The van der Waals surface area contributed by atoms with Crippen LogP contribution in [0.1, 0.15) is 28.3 Å². The summed E-state index contributed by atoms with van der Waals surface area (Å²) in [6.07, 6.45) is 0. The molecule has 6 nitrogen and oxygen atoms in total. The minimum absolute atomic E-state index is 0.121. The summed E-state index contributed by atoms with van der Waals surface area (Å²) in [5.41, 5.74) is 5.50. The third-order valence-electron chi connectivity index (χ3n) is 5.43. The van der Waals surface area contributed by atoms with Gasteiger partial charge in [-0.1, -0.05) is 42.5 Å². The molecular weight excluding hydrogens is 442 g/mol. The Morgan fingerprint density at radius 2 is 1.63 bits per heavy atom. The van der Waals surface area contributed by atoms with Crippen molar-refractivity contribution in [3.05, 3.63) is 75.3 Å². The highest BCUT2D eigenvalue weighted by Crippen LogP contribution is 2.24. The van der Waals surface area contributed by atoms with E-state index in [1.54, 1.807) is 4.68 Å². The quantitative estimate of drug-likeness (QED) is 0.454. The Morgan fingerprint density at radius 1 is 0.933 bits per heavy atom. The summed E-state index contributed by atoms with van der Waals surface area (Å²) in [7, 11) is 0. The summed E-state index contributed by atoms with van der Waals surface area (Å²) in [4.78, 5) is 12.7. The second kappa shape index (κ2) is 8.07. The molecule has 0 saturated heterocycles. The molecule has 1 amide bonds. The van der Waals surface area contributed by atoms with Crippen LogP contribution in [0.5, 0.6) is 0 Å².